The number of para-hydroxylation sites is 3. The highest BCUT2D eigenvalue weighted by atomic mass is 19.1. The summed E-state index contributed by atoms with van der Waals surface area (Å²) in [6.45, 7) is 8.52. The van der Waals surface area contributed by atoms with Crippen molar-refractivity contribution in [3.8, 4) is 17.1 Å². The number of ether oxygens (including phenoxy) is 1. The van der Waals surface area contributed by atoms with Crippen LogP contribution in [0.25, 0.3) is 22.4 Å². The number of aromatic nitrogens is 2. The first kappa shape index (κ1) is 30.7. The van der Waals surface area contributed by atoms with E-state index in [4.69, 9.17) is 9.72 Å². The van der Waals surface area contributed by atoms with Crippen molar-refractivity contribution >= 4 is 28.3 Å². The summed E-state index contributed by atoms with van der Waals surface area (Å²) < 4.78 is 23.9. The molecule has 7 rings (SSSR count). The normalized spacial score (nSPS) is 14.3. The summed E-state index contributed by atoms with van der Waals surface area (Å²) in [5.41, 5.74) is 4.47. The van der Waals surface area contributed by atoms with Crippen LogP contribution >= 0.6 is 0 Å². The number of benzene rings is 5. The topological polar surface area (TPSA) is 59.4 Å². The lowest BCUT2D eigenvalue weighted by Crippen LogP contribution is -2.43. The van der Waals surface area contributed by atoms with Crippen molar-refractivity contribution in [2.24, 2.45) is 0 Å². The van der Waals surface area contributed by atoms with E-state index < -0.39 is 17.5 Å². The second kappa shape index (κ2) is 13.0. The van der Waals surface area contributed by atoms with Crippen LogP contribution in [0, 0.1) is 5.82 Å². The number of halogens is 1. The molecule has 1 aromatic heterocycles. The maximum absolute atomic E-state index is 15.1. The molecule has 0 fully saturated rings. The van der Waals surface area contributed by atoms with Gasteiger partial charge in [0.15, 0.2) is 0 Å². The van der Waals surface area contributed by atoms with Gasteiger partial charge in [-0.15, -0.1) is 13.2 Å². The zero-order valence-corrected chi connectivity index (χ0v) is 26.4. The molecule has 1 amide bonds. The zero-order valence-electron chi connectivity index (χ0n) is 26.4. The number of imidazole rings is 1. The summed E-state index contributed by atoms with van der Waals surface area (Å²) in [6.07, 6.45) is 4.30. The maximum atomic E-state index is 15.1. The van der Waals surface area contributed by atoms with E-state index in [9.17, 15) is 4.79 Å². The Morgan fingerprint density at radius 3 is 2.23 bits per heavy atom. The van der Waals surface area contributed by atoms with Crippen LogP contribution in [0.15, 0.2) is 153 Å². The molecular weight excluding hydrogens is 599 g/mol. The van der Waals surface area contributed by atoms with E-state index in [1.165, 1.54) is 6.07 Å². The Balaban J connectivity index is 1.24. The van der Waals surface area contributed by atoms with Gasteiger partial charge in [-0.1, -0.05) is 84.9 Å². The van der Waals surface area contributed by atoms with Gasteiger partial charge in [0.2, 0.25) is 0 Å². The second-order valence-corrected chi connectivity index (χ2v) is 11.9. The Hall–Kier alpha value is -5.95. The Kier molecular flexibility index (Phi) is 8.34. The molecule has 0 spiro atoms. The quantitative estimate of drug-likeness (QED) is 0.144. The first-order valence-electron chi connectivity index (χ1n) is 15.9. The summed E-state index contributed by atoms with van der Waals surface area (Å²) in [4.78, 5) is 20.5. The molecule has 0 bridgehead atoms. The van der Waals surface area contributed by atoms with Crippen molar-refractivity contribution < 1.29 is 13.9 Å². The van der Waals surface area contributed by atoms with Crippen LogP contribution in [0.1, 0.15) is 34.9 Å². The molecule has 7 heteroatoms. The molecule has 1 aliphatic heterocycles. The van der Waals surface area contributed by atoms with E-state index in [-0.39, 0.29) is 5.91 Å². The number of nitrogens with one attached hydrogen (secondary N) is 1. The van der Waals surface area contributed by atoms with Crippen LogP contribution in [-0.2, 0) is 5.54 Å². The summed E-state index contributed by atoms with van der Waals surface area (Å²) >= 11 is 0. The molecule has 48 heavy (non-hydrogen) atoms. The van der Waals surface area contributed by atoms with E-state index >= 15 is 4.39 Å². The monoisotopic (exact) mass is 634 g/mol. The van der Waals surface area contributed by atoms with Crippen molar-refractivity contribution in [1.29, 1.82) is 0 Å². The van der Waals surface area contributed by atoms with Gasteiger partial charge in [0.25, 0.3) is 5.91 Å². The van der Waals surface area contributed by atoms with E-state index in [0.717, 1.165) is 22.4 Å². The highest BCUT2D eigenvalue weighted by Crippen LogP contribution is 2.40. The predicted octanol–water partition coefficient (Wildman–Crippen LogP) is 9.54. The van der Waals surface area contributed by atoms with Gasteiger partial charge in [0, 0.05) is 22.5 Å². The molecule has 1 N–H and O–H groups in total. The molecule has 5 aromatic carbocycles. The zero-order chi connectivity index (χ0) is 33.1. The lowest BCUT2D eigenvalue weighted by Gasteiger charge is -2.38. The van der Waals surface area contributed by atoms with Gasteiger partial charge in [0.05, 0.1) is 22.1 Å². The number of hydrogen-bond acceptors (Lipinski definition) is 4. The molecule has 0 radical (unpaired) electrons. The van der Waals surface area contributed by atoms with Gasteiger partial charge >= 0.3 is 0 Å². The number of carbonyl (C=O) groups excluding carboxylic acids is 1. The second-order valence-electron chi connectivity index (χ2n) is 11.9. The number of amides is 1. The van der Waals surface area contributed by atoms with Gasteiger partial charge < -0.3 is 14.6 Å². The first-order valence-corrected chi connectivity index (χ1v) is 15.9. The summed E-state index contributed by atoms with van der Waals surface area (Å²) in [6, 6.07) is 39.4. The molecule has 0 saturated carbocycles. The summed E-state index contributed by atoms with van der Waals surface area (Å²) in [7, 11) is 0. The summed E-state index contributed by atoms with van der Waals surface area (Å²) in [5.74, 6) is 0.856. The van der Waals surface area contributed by atoms with Crippen molar-refractivity contribution in [2.45, 2.75) is 24.5 Å². The molecule has 0 saturated heterocycles. The van der Waals surface area contributed by atoms with E-state index in [2.05, 4.69) is 41.2 Å². The molecular formula is C41H35FN4O2. The van der Waals surface area contributed by atoms with Crippen molar-refractivity contribution in [3.05, 3.63) is 170 Å². The molecule has 1 aliphatic rings. The minimum Gasteiger partial charge on any atom is -0.491 e. The van der Waals surface area contributed by atoms with Crippen LogP contribution in [0.2, 0.25) is 0 Å². The maximum Gasteiger partial charge on any atom is 0.262 e. The number of hydrogen-bond donors (Lipinski definition) is 1. The minimum atomic E-state index is -0.737. The number of nitrogens with zero attached hydrogens (tertiary/aromatic N) is 3. The van der Waals surface area contributed by atoms with Crippen molar-refractivity contribution in [3.63, 3.8) is 0 Å². The average Bonchev–Trinajstić information content (AvgIpc) is 3.52. The summed E-state index contributed by atoms with van der Waals surface area (Å²) in [5, 5.41) is 3.38. The molecule has 6 nitrogen and oxygen atoms in total. The average molecular weight is 635 g/mol. The fourth-order valence-electron chi connectivity index (χ4n) is 6.63. The van der Waals surface area contributed by atoms with Gasteiger partial charge in [-0.05, 0) is 67.4 Å². The third kappa shape index (κ3) is 5.53. The van der Waals surface area contributed by atoms with E-state index in [0.29, 0.717) is 47.7 Å². The fraction of sp³-hybridized carbons (Fsp3) is 0.122. The Morgan fingerprint density at radius 2 is 1.48 bits per heavy atom. The third-order valence-corrected chi connectivity index (χ3v) is 8.86. The van der Waals surface area contributed by atoms with Crippen LogP contribution in [0.4, 0.5) is 15.8 Å². The van der Waals surface area contributed by atoms with Crippen molar-refractivity contribution in [2.75, 3.05) is 16.8 Å². The lowest BCUT2D eigenvalue weighted by molar-refractivity contribution is 0.0974. The van der Waals surface area contributed by atoms with Gasteiger partial charge in [-0.3, -0.25) is 9.69 Å². The molecule has 0 aliphatic carbocycles. The standard InChI is InChI=1S/C41H35FN4O2/c1-3-26-41(27-4-2,46-37-21-13-12-20-36(37)44-38(46)29-14-6-5-7-15-29)28-48-31-24-22-30(23-25-31)45-39(32-16-8-10-18-34(32)42)43-35-19-11-9-17-33(35)40(45)47/h3-25,39,43H,1-2,26-28H2. The van der Waals surface area contributed by atoms with Gasteiger partial charge in [-0.25, -0.2) is 9.37 Å². The lowest BCUT2D eigenvalue weighted by atomic mass is 9.90. The van der Waals surface area contributed by atoms with Crippen LogP contribution < -0.4 is 15.0 Å². The molecule has 1 atom stereocenters. The molecule has 1 unspecified atom stereocenters. The number of allylic oxidation sites excluding steroid dienone is 2. The molecule has 2 heterocycles. The Morgan fingerprint density at radius 1 is 0.812 bits per heavy atom. The van der Waals surface area contributed by atoms with Crippen molar-refractivity contribution in [1.82, 2.24) is 9.55 Å². The highest BCUT2D eigenvalue weighted by molar-refractivity contribution is 6.12. The van der Waals surface area contributed by atoms with Crippen LogP contribution in [0.3, 0.4) is 0 Å². The van der Waals surface area contributed by atoms with E-state index in [1.54, 1.807) is 29.2 Å². The smallest absolute Gasteiger partial charge is 0.262 e. The Bertz CT molecular complexity index is 2100. The predicted molar refractivity (Wildman–Crippen MR) is 191 cm³/mol. The molecule has 238 valence electrons. The largest absolute Gasteiger partial charge is 0.491 e. The fourth-order valence-corrected chi connectivity index (χ4v) is 6.63. The number of carbonyl (C=O) groups is 1. The van der Waals surface area contributed by atoms with Crippen LogP contribution in [-0.4, -0.2) is 22.1 Å². The molecule has 6 aromatic rings. The Labute approximate surface area is 279 Å². The third-order valence-electron chi connectivity index (χ3n) is 8.86. The number of fused-ring (bicyclic) bond motifs is 2. The SMILES string of the molecule is C=CCC(CC=C)(COc1ccc(N2C(=O)c3ccccc3NC2c2ccccc2F)cc1)n1c(-c2ccccc2)nc2ccccc21. The number of rotatable bonds is 11. The van der Waals surface area contributed by atoms with Crippen LogP contribution in [0.5, 0.6) is 5.75 Å². The highest BCUT2D eigenvalue weighted by Gasteiger charge is 2.37. The van der Waals surface area contributed by atoms with E-state index in [1.807, 2.05) is 91.0 Å². The van der Waals surface area contributed by atoms with Gasteiger partial charge in [-0.2, -0.15) is 0 Å². The first-order chi connectivity index (χ1) is 23.5. The minimum absolute atomic E-state index is 0.220. The van der Waals surface area contributed by atoms with Gasteiger partial charge in [0.1, 0.15) is 30.2 Å². The number of anilines is 2.